The molecule has 1 nitrogen and oxygen atoms in total. The van der Waals surface area contributed by atoms with Gasteiger partial charge in [-0.2, -0.15) is 0 Å². The summed E-state index contributed by atoms with van der Waals surface area (Å²) in [5.41, 5.74) is 0. The Hall–Kier alpha value is -0.0400. The second kappa shape index (κ2) is 7.28. The average Bonchev–Trinajstić information content (AvgIpc) is 2.18. The fourth-order valence-electron chi connectivity index (χ4n) is 2.44. The van der Waals surface area contributed by atoms with Gasteiger partial charge in [-0.1, -0.05) is 47.5 Å². The molecule has 1 N–H and O–H groups in total. The molecule has 0 bridgehead atoms. The zero-order valence-corrected chi connectivity index (χ0v) is 10.6. The van der Waals surface area contributed by atoms with Crippen LogP contribution in [0.2, 0.25) is 0 Å². The first-order chi connectivity index (χ1) is 6.56. The van der Waals surface area contributed by atoms with Gasteiger partial charge < -0.3 is 5.11 Å². The van der Waals surface area contributed by atoms with Crippen molar-refractivity contribution in [2.45, 2.75) is 66.4 Å². The molecule has 0 aliphatic heterocycles. The van der Waals surface area contributed by atoms with E-state index in [0.29, 0.717) is 5.92 Å². The summed E-state index contributed by atoms with van der Waals surface area (Å²) in [6.45, 7) is 11.2. The smallest absolute Gasteiger partial charge is 0.0540 e. The van der Waals surface area contributed by atoms with Gasteiger partial charge in [0, 0.05) is 0 Å². The summed E-state index contributed by atoms with van der Waals surface area (Å²) in [7, 11) is 0. The van der Waals surface area contributed by atoms with Gasteiger partial charge in [0.15, 0.2) is 0 Å². The average molecular weight is 200 g/mol. The minimum Gasteiger partial charge on any atom is -0.393 e. The number of rotatable bonds is 7. The first-order valence-electron chi connectivity index (χ1n) is 6.24. The molecule has 0 spiro atoms. The van der Waals surface area contributed by atoms with Crippen LogP contribution in [0.15, 0.2) is 0 Å². The maximum absolute atomic E-state index is 9.63. The van der Waals surface area contributed by atoms with E-state index < -0.39 is 0 Å². The lowest BCUT2D eigenvalue weighted by Crippen LogP contribution is -2.22. The summed E-state index contributed by atoms with van der Waals surface area (Å²) < 4.78 is 0. The minimum atomic E-state index is -0.0943. The lowest BCUT2D eigenvalue weighted by atomic mass is 9.78. The molecule has 0 aromatic heterocycles. The molecule has 0 saturated heterocycles. The van der Waals surface area contributed by atoms with Crippen LogP contribution in [0, 0.1) is 17.8 Å². The van der Waals surface area contributed by atoms with Gasteiger partial charge >= 0.3 is 0 Å². The molecular weight excluding hydrogens is 172 g/mol. The molecule has 0 aliphatic carbocycles. The van der Waals surface area contributed by atoms with Gasteiger partial charge in [0.2, 0.25) is 0 Å². The minimum absolute atomic E-state index is 0.0943. The van der Waals surface area contributed by atoms with Crippen molar-refractivity contribution >= 4 is 0 Å². The van der Waals surface area contributed by atoms with E-state index in [2.05, 4.69) is 34.6 Å². The largest absolute Gasteiger partial charge is 0.393 e. The number of aliphatic hydroxyl groups excluding tert-OH is 1. The SMILES string of the molecule is CCC(O)CC(C)C(CC)C(C)CC. The molecule has 0 radical (unpaired) electrons. The van der Waals surface area contributed by atoms with Crippen LogP contribution in [-0.4, -0.2) is 11.2 Å². The second-order valence-corrected chi connectivity index (χ2v) is 4.73. The van der Waals surface area contributed by atoms with Gasteiger partial charge in [-0.3, -0.25) is 0 Å². The molecule has 0 aromatic carbocycles. The molecule has 0 aromatic rings. The highest BCUT2D eigenvalue weighted by molar-refractivity contribution is 4.72. The van der Waals surface area contributed by atoms with E-state index in [9.17, 15) is 5.11 Å². The highest BCUT2D eigenvalue weighted by Gasteiger charge is 2.22. The molecule has 14 heavy (non-hydrogen) atoms. The van der Waals surface area contributed by atoms with Gasteiger partial charge in [-0.05, 0) is 30.6 Å². The van der Waals surface area contributed by atoms with Gasteiger partial charge in [-0.15, -0.1) is 0 Å². The number of aliphatic hydroxyl groups is 1. The molecule has 4 atom stereocenters. The zero-order valence-electron chi connectivity index (χ0n) is 10.6. The van der Waals surface area contributed by atoms with Gasteiger partial charge in [0.25, 0.3) is 0 Å². The molecule has 0 fully saturated rings. The van der Waals surface area contributed by atoms with Gasteiger partial charge in [0.1, 0.15) is 0 Å². The van der Waals surface area contributed by atoms with Crippen molar-refractivity contribution in [3.05, 3.63) is 0 Å². The first-order valence-corrected chi connectivity index (χ1v) is 6.24. The topological polar surface area (TPSA) is 20.2 Å². The van der Waals surface area contributed by atoms with Crippen LogP contribution in [0.4, 0.5) is 0 Å². The Bertz CT molecular complexity index is 133. The zero-order chi connectivity index (χ0) is 11.1. The van der Waals surface area contributed by atoms with Crippen molar-refractivity contribution in [1.29, 1.82) is 0 Å². The van der Waals surface area contributed by atoms with Crippen LogP contribution < -0.4 is 0 Å². The molecule has 0 rings (SSSR count). The molecule has 1 heteroatoms. The van der Waals surface area contributed by atoms with Crippen LogP contribution in [0.5, 0.6) is 0 Å². The van der Waals surface area contributed by atoms with Crippen molar-refractivity contribution in [2.75, 3.05) is 0 Å². The highest BCUT2D eigenvalue weighted by atomic mass is 16.3. The maximum Gasteiger partial charge on any atom is 0.0540 e. The maximum atomic E-state index is 9.63. The van der Waals surface area contributed by atoms with E-state index in [0.717, 1.165) is 24.7 Å². The Morgan fingerprint density at radius 1 is 0.857 bits per heavy atom. The highest BCUT2D eigenvalue weighted by Crippen LogP contribution is 2.29. The van der Waals surface area contributed by atoms with E-state index in [4.69, 9.17) is 0 Å². The Labute approximate surface area is 89.9 Å². The lowest BCUT2D eigenvalue weighted by molar-refractivity contribution is 0.110. The summed E-state index contributed by atoms with van der Waals surface area (Å²) in [4.78, 5) is 0. The third kappa shape index (κ3) is 4.45. The Morgan fingerprint density at radius 2 is 1.43 bits per heavy atom. The van der Waals surface area contributed by atoms with E-state index >= 15 is 0 Å². The van der Waals surface area contributed by atoms with Crippen LogP contribution in [-0.2, 0) is 0 Å². The number of hydrogen-bond acceptors (Lipinski definition) is 1. The third-order valence-electron chi connectivity index (χ3n) is 3.69. The summed E-state index contributed by atoms with van der Waals surface area (Å²) in [5.74, 6) is 2.23. The number of hydrogen-bond donors (Lipinski definition) is 1. The second-order valence-electron chi connectivity index (χ2n) is 4.73. The molecule has 0 aliphatic rings. The van der Waals surface area contributed by atoms with E-state index in [1.165, 1.54) is 12.8 Å². The lowest BCUT2D eigenvalue weighted by Gasteiger charge is -2.29. The summed E-state index contributed by atoms with van der Waals surface area (Å²) in [5, 5.41) is 9.63. The van der Waals surface area contributed by atoms with Crippen LogP contribution >= 0.6 is 0 Å². The quantitative estimate of drug-likeness (QED) is 0.661. The van der Waals surface area contributed by atoms with Crippen molar-refractivity contribution in [3.63, 3.8) is 0 Å². The van der Waals surface area contributed by atoms with Crippen molar-refractivity contribution in [3.8, 4) is 0 Å². The monoisotopic (exact) mass is 200 g/mol. The Kier molecular flexibility index (Phi) is 7.26. The fourth-order valence-corrected chi connectivity index (χ4v) is 2.44. The normalized spacial score (nSPS) is 20.1. The van der Waals surface area contributed by atoms with Crippen molar-refractivity contribution in [2.24, 2.45) is 17.8 Å². The van der Waals surface area contributed by atoms with Crippen LogP contribution in [0.3, 0.4) is 0 Å². The predicted octanol–water partition coefficient (Wildman–Crippen LogP) is 3.86. The fraction of sp³-hybridized carbons (Fsp3) is 1.00. The van der Waals surface area contributed by atoms with Crippen LogP contribution in [0.25, 0.3) is 0 Å². The van der Waals surface area contributed by atoms with Gasteiger partial charge in [-0.25, -0.2) is 0 Å². The summed E-state index contributed by atoms with van der Waals surface area (Å²) >= 11 is 0. The molecule has 0 heterocycles. The van der Waals surface area contributed by atoms with Crippen molar-refractivity contribution < 1.29 is 5.11 Å². The van der Waals surface area contributed by atoms with Crippen molar-refractivity contribution in [1.82, 2.24) is 0 Å². The van der Waals surface area contributed by atoms with E-state index in [-0.39, 0.29) is 6.10 Å². The molecule has 0 amide bonds. The first kappa shape index (κ1) is 14.0. The Morgan fingerprint density at radius 3 is 1.79 bits per heavy atom. The molecule has 4 unspecified atom stereocenters. The predicted molar refractivity (Wildman–Crippen MR) is 63.3 cm³/mol. The molecule has 0 saturated carbocycles. The van der Waals surface area contributed by atoms with E-state index in [1.807, 2.05) is 0 Å². The van der Waals surface area contributed by atoms with Crippen LogP contribution in [0.1, 0.15) is 60.3 Å². The summed E-state index contributed by atoms with van der Waals surface area (Å²) in [6, 6.07) is 0. The van der Waals surface area contributed by atoms with Gasteiger partial charge in [0.05, 0.1) is 6.10 Å². The van der Waals surface area contributed by atoms with E-state index in [1.54, 1.807) is 0 Å². The third-order valence-corrected chi connectivity index (χ3v) is 3.69. The standard InChI is InChI=1S/C13H28O/c1-6-10(4)13(8-3)11(5)9-12(14)7-2/h10-14H,6-9H2,1-5H3. The molecular formula is C13H28O. The Balaban J connectivity index is 4.09. The molecule has 86 valence electrons. The summed E-state index contributed by atoms with van der Waals surface area (Å²) in [6.07, 6.45) is 4.27.